The van der Waals surface area contributed by atoms with Gasteiger partial charge in [-0.2, -0.15) is 0 Å². The summed E-state index contributed by atoms with van der Waals surface area (Å²) in [4.78, 5) is 38.3. The number of hydrogen-bond acceptors (Lipinski definition) is 6. The monoisotopic (exact) mass is 1110 g/mol. The number of rotatable bonds is 59. The Morgan fingerprint density at radius 2 is 0.487 bits per heavy atom. The van der Waals surface area contributed by atoms with E-state index >= 15 is 0 Å². The fourth-order valence-corrected chi connectivity index (χ4v) is 8.96. The summed E-state index contributed by atoms with van der Waals surface area (Å²) in [6, 6.07) is 0. The van der Waals surface area contributed by atoms with Crippen LogP contribution in [-0.4, -0.2) is 37.2 Å². The van der Waals surface area contributed by atoms with Gasteiger partial charge in [0.05, 0.1) is 0 Å². The summed E-state index contributed by atoms with van der Waals surface area (Å²) in [5, 5.41) is 0. The van der Waals surface area contributed by atoms with Crippen molar-refractivity contribution in [1.29, 1.82) is 0 Å². The fraction of sp³-hybridized carbons (Fsp3) is 0.662. The quantitative estimate of drug-likeness (QED) is 0.0261. The van der Waals surface area contributed by atoms with E-state index in [2.05, 4.69) is 154 Å². The van der Waals surface area contributed by atoms with Gasteiger partial charge >= 0.3 is 17.9 Å². The van der Waals surface area contributed by atoms with Crippen LogP contribution in [-0.2, 0) is 28.6 Å². The molecule has 1 unspecified atom stereocenters. The van der Waals surface area contributed by atoms with Crippen LogP contribution in [0.3, 0.4) is 0 Å². The number of carbonyl (C=O) groups excluding carboxylic acids is 3. The molecule has 0 aliphatic heterocycles. The Morgan fingerprint density at radius 3 is 0.762 bits per heavy atom. The third-order valence-corrected chi connectivity index (χ3v) is 13.9. The van der Waals surface area contributed by atoms with E-state index in [1.54, 1.807) is 0 Å². The second kappa shape index (κ2) is 67.1. The zero-order valence-electron chi connectivity index (χ0n) is 52.0. The second-order valence-corrected chi connectivity index (χ2v) is 21.6. The van der Waals surface area contributed by atoms with E-state index in [4.69, 9.17) is 14.2 Å². The Balaban J connectivity index is 4.30. The van der Waals surface area contributed by atoms with Gasteiger partial charge in [0.1, 0.15) is 13.2 Å². The zero-order valence-corrected chi connectivity index (χ0v) is 52.0. The van der Waals surface area contributed by atoms with Crippen LogP contribution in [0, 0.1) is 0 Å². The highest BCUT2D eigenvalue weighted by molar-refractivity contribution is 5.71. The minimum Gasteiger partial charge on any atom is -0.462 e. The normalized spacial score (nSPS) is 13.0. The summed E-state index contributed by atoms with van der Waals surface area (Å²) < 4.78 is 16.9. The second-order valence-electron chi connectivity index (χ2n) is 21.6. The highest BCUT2D eigenvalue weighted by atomic mass is 16.6. The lowest BCUT2D eigenvalue weighted by atomic mass is 10.0. The molecule has 454 valence electrons. The largest absolute Gasteiger partial charge is 0.462 e. The van der Waals surface area contributed by atoms with Crippen molar-refractivity contribution in [2.24, 2.45) is 0 Å². The van der Waals surface area contributed by atoms with E-state index < -0.39 is 6.10 Å². The molecule has 0 spiro atoms. The lowest BCUT2D eigenvalue weighted by Gasteiger charge is -2.18. The fourth-order valence-electron chi connectivity index (χ4n) is 8.96. The van der Waals surface area contributed by atoms with E-state index in [1.807, 2.05) is 0 Å². The molecule has 0 aromatic carbocycles. The van der Waals surface area contributed by atoms with Crippen molar-refractivity contribution in [2.75, 3.05) is 13.2 Å². The molecule has 0 aromatic rings. The van der Waals surface area contributed by atoms with Crippen LogP contribution in [0.25, 0.3) is 0 Å². The molecule has 0 rings (SSSR count). The van der Waals surface area contributed by atoms with Gasteiger partial charge in [0.2, 0.25) is 0 Å². The van der Waals surface area contributed by atoms with E-state index in [0.29, 0.717) is 19.3 Å². The summed E-state index contributed by atoms with van der Waals surface area (Å²) in [5.74, 6) is -0.921. The Hall–Kier alpha value is -4.45. The molecule has 0 aliphatic carbocycles. The first-order valence-corrected chi connectivity index (χ1v) is 33.2. The average Bonchev–Trinajstić information content (AvgIpc) is 3.46. The zero-order chi connectivity index (χ0) is 57.8. The molecule has 0 N–H and O–H groups in total. The molecule has 0 radical (unpaired) electrons. The minimum atomic E-state index is -0.798. The molecule has 1 atom stereocenters. The van der Waals surface area contributed by atoms with E-state index in [1.165, 1.54) is 96.3 Å². The van der Waals surface area contributed by atoms with Crippen molar-refractivity contribution >= 4 is 17.9 Å². The molecular weight excluding hydrogens is 985 g/mol. The van der Waals surface area contributed by atoms with Gasteiger partial charge in [-0.1, -0.05) is 276 Å². The molecule has 0 fully saturated rings. The molecule has 80 heavy (non-hydrogen) atoms. The Kier molecular flexibility index (Phi) is 63.3. The van der Waals surface area contributed by atoms with Crippen LogP contribution in [0.2, 0.25) is 0 Å². The number of carbonyl (C=O) groups is 3. The van der Waals surface area contributed by atoms with Gasteiger partial charge in [0.15, 0.2) is 6.10 Å². The van der Waals surface area contributed by atoms with E-state index in [-0.39, 0.29) is 31.1 Å². The number of unbranched alkanes of at least 4 members (excludes halogenated alkanes) is 26. The van der Waals surface area contributed by atoms with Crippen molar-refractivity contribution in [3.8, 4) is 0 Å². The summed E-state index contributed by atoms with van der Waals surface area (Å²) in [5.41, 5.74) is 0. The first-order valence-electron chi connectivity index (χ1n) is 33.2. The maximum absolute atomic E-state index is 12.9. The van der Waals surface area contributed by atoms with Crippen LogP contribution in [0.1, 0.15) is 297 Å². The van der Waals surface area contributed by atoms with E-state index in [9.17, 15) is 14.4 Å². The summed E-state index contributed by atoms with van der Waals surface area (Å²) >= 11 is 0. The van der Waals surface area contributed by atoms with Gasteiger partial charge in [0, 0.05) is 19.3 Å². The Labute approximate surface area is 494 Å². The molecule has 0 heterocycles. The molecule has 6 heteroatoms. The first kappa shape index (κ1) is 75.5. The highest BCUT2D eigenvalue weighted by Gasteiger charge is 2.19. The smallest absolute Gasteiger partial charge is 0.306 e. The predicted octanol–water partition coefficient (Wildman–Crippen LogP) is 22.9. The molecule has 0 saturated carbocycles. The SMILES string of the molecule is CC/C=C\C/C=C\C/C=C\C/C=C\C/C=C\C/C=C\CCCCCCCCCCCCCCC(=O)OCC(COC(=O)CCCCCCC/C=C\C/C=C\C/C=C\CC)OC(=O)CCCCCCC/C=C\C/C=C\CCCCCC. The number of hydrogen-bond donors (Lipinski definition) is 0. The van der Waals surface area contributed by atoms with Crippen LogP contribution in [0.4, 0.5) is 0 Å². The maximum Gasteiger partial charge on any atom is 0.306 e. The van der Waals surface area contributed by atoms with Crippen molar-refractivity contribution in [1.82, 2.24) is 0 Å². The molecule has 0 amide bonds. The van der Waals surface area contributed by atoms with Gasteiger partial charge in [0.25, 0.3) is 0 Å². The maximum atomic E-state index is 12.9. The van der Waals surface area contributed by atoms with Crippen molar-refractivity contribution < 1.29 is 28.6 Å². The van der Waals surface area contributed by atoms with Gasteiger partial charge in [-0.05, 0) is 135 Å². The van der Waals surface area contributed by atoms with E-state index in [0.717, 1.165) is 161 Å². The standard InChI is InChI=1S/C74H122O6/c1-4-7-10-13-16-19-22-25-28-30-31-32-33-34-35-36-37-38-39-40-41-42-43-44-47-49-52-55-58-61-64-67-73(76)79-70-71(69-78-72(75)66-63-60-57-54-51-48-45-27-24-21-18-15-12-9-6-3)80-74(77)68-65-62-59-56-53-50-46-29-26-23-20-17-14-11-8-5-2/h7,9-10,12,16,18-21,23,25,27-29,31-32,34-35,37-38,45-46,71H,4-6,8,11,13-15,17,22,24,26,30,33,36,39-44,47-70H2,1-3H3/b10-7-,12-9-,19-16-,21-18-,23-20-,28-25-,32-31-,35-34-,38-37-,45-27-,46-29-. The predicted molar refractivity (Wildman–Crippen MR) is 348 cm³/mol. The third kappa shape index (κ3) is 64.4. The van der Waals surface area contributed by atoms with Crippen LogP contribution >= 0.6 is 0 Å². The van der Waals surface area contributed by atoms with Gasteiger partial charge < -0.3 is 14.2 Å². The van der Waals surface area contributed by atoms with Crippen molar-refractivity contribution in [3.05, 3.63) is 134 Å². The Morgan fingerprint density at radius 1 is 0.263 bits per heavy atom. The topological polar surface area (TPSA) is 78.9 Å². The van der Waals surface area contributed by atoms with Crippen LogP contribution < -0.4 is 0 Å². The molecule has 0 aliphatic rings. The Bertz CT molecular complexity index is 1700. The van der Waals surface area contributed by atoms with Crippen LogP contribution in [0.15, 0.2) is 134 Å². The summed E-state index contributed by atoms with van der Waals surface area (Å²) in [6.07, 6.45) is 94.6. The first-order chi connectivity index (χ1) is 39.5. The summed E-state index contributed by atoms with van der Waals surface area (Å²) in [6.45, 7) is 6.38. The van der Waals surface area contributed by atoms with Gasteiger partial charge in [-0.3, -0.25) is 14.4 Å². The molecule has 6 nitrogen and oxygen atoms in total. The molecule has 0 bridgehead atoms. The van der Waals surface area contributed by atoms with Gasteiger partial charge in [-0.15, -0.1) is 0 Å². The summed E-state index contributed by atoms with van der Waals surface area (Å²) in [7, 11) is 0. The molecule has 0 saturated heterocycles. The molecular formula is C74H122O6. The average molecular weight is 1110 g/mol. The number of allylic oxidation sites excluding steroid dienone is 22. The van der Waals surface area contributed by atoms with Gasteiger partial charge in [-0.25, -0.2) is 0 Å². The lowest BCUT2D eigenvalue weighted by molar-refractivity contribution is -0.167. The minimum absolute atomic E-state index is 0.0926. The number of ether oxygens (including phenoxy) is 3. The number of esters is 3. The van der Waals surface area contributed by atoms with Crippen molar-refractivity contribution in [3.63, 3.8) is 0 Å². The molecule has 0 aromatic heterocycles. The highest BCUT2D eigenvalue weighted by Crippen LogP contribution is 2.16. The third-order valence-electron chi connectivity index (χ3n) is 13.9. The lowest BCUT2D eigenvalue weighted by Crippen LogP contribution is -2.30. The van der Waals surface area contributed by atoms with Crippen LogP contribution in [0.5, 0.6) is 0 Å². The van der Waals surface area contributed by atoms with Crippen molar-refractivity contribution in [2.45, 2.75) is 303 Å².